The molecule has 4 heteroatoms. The molecule has 0 saturated heterocycles. The lowest BCUT2D eigenvalue weighted by molar-refractivity contribution is 0.278. The maximum atomic E-state index is 9.44. The SMILES string of the molecule is OCc1n[nH]c2c1nc(-c1ccccc1)c1ccccc12. The number of aromatic nitrogens is 3. The van der Waals surface area contributed by atoms with Gasteiger partial charge in [-0.25, -0.2) is 4.98 Å². The number of hydrogen-bond acceptors (Lipinski definition) is 3. The van der Waals surface area contributed by atoms with E-state index in [1.165, 1.54) is 0 Å². The topological polar surface area (TPSA) is 61.8 Å². The van der Waals surface area contributed by atoms with Crippen LogP contribution in [0.1, 0.15) is 5.69 Å². The van der Waals surface area contributed by atoms with Gasteiger partial charge >= 0.3 is 0 Å². The Labute approximate surface area is 121 Å². The van der Waals surface area contributed by atoms with Crippen LogP contribution in [0.5, 0.6) is 0 Å². The molecule has 0 fully saturated rings. The minimum atomic E-state index is -0.125. The van der Waals surface area contributed by atoms with E-state index in [2.05, 4.69) is 16.3 Å². The molecule has 0 radical (unpaired) electrons. The minimum absolute atomic E-state index is 0.125. The molecule has 2 heterocycles. The molecule has 2 N–H and O–H groups in total. The van der Waals surface area contributed by atoms with Crippen molar-refractivity contribution >= 4 is 21.8 Å². The summed E-state index contributed by atoms with van der Waals surface area (Å²) in [6.45, 7) is -0.125. The number of H-pyrrole nitrogens is 1. The predicted molar refractivity (Wildman–Crippen MR) is 82.8 cm³/mol. The first-order valence-electron chi connectivity index (χ1n) is 6.80. The largest absolute Gasteiger partial charge is 0.390 e. The Morgan fingerprint density at radius 1 is 0.905 bits per heavy atom. The third kappa shape index (κ3) is 1.80. The highest BCUT2D eigenvalue weighted by atomic mass is 16.3. The van der Waals surface area contributed by atoms with Gasteiger partial charge in [-0.2, -0.15) is 5.10 Å². The predicted octanol–water partition coefficient (Wildman–Crippen LogP) is 3.27. The number of nitrogens with zero attached hydrogens (tertiary/aromatic N) is 2. The fraction of sp³-hybridized carbons (Fsp3) is 0.0588. The third-order valence-corrected chi connectivity index (χ3v) is 3.68. The van der Waals surface area contributed by atoms with Gasteiger partial charge in [0, 0.05) is 16.3 Å². The zero-order valence-electron chi connectivity index (χ0n) is 11.2. The fourth-order valence-electron chi connectivity index (χ4n) is 2.69. The number of fused-ring (bicyclic) bond motifs is 3. The standard InChI is InChI=1S/C17H13N3O/c21-10-14-17-16(20-19-14)13-9-5-4-8-12(13)15(18-17)11-6-2-1-3-7-11/h1-9,21H,10H2,(H,19,20). The normalized spacial score (nSPS) is 11.3. The van der Waals surface area contributed by atoms with Crippen molar-refractivity contribution in [1.29, 1.82) is 0 Å². The van der Waals surface area contributed by atoms with Crippen LogP contribution in [0.25, 0.3) is 33.1 Å². The summed E-state index contributed by atoms with van der Waals surface area (Å²) in [7, 11) is 0. The van der Waals surface area contributed by atoms with Gasteiger partial charge in [0.15, 0.2) is 0 Å². The van der Waals surface area contributed by atoms with Crippen LogP contribution in [0.4, 0.5) is 0 Å². The summed E-state index contributed by atoms with van der Waals surface area (Å²) in [5.74, 6) is 0. The highest BCUT2D eigenvalue weighted by molar-refractivity contribution is 6.09. The third-order valence-electron chi connectivity index (χ3n) is 3.68. The average Bonchev–Trinajstić information content (AvgIpc) is 2.98. The smallest absolute Gasteiger partial charge is 0.115 e. The average molecular weight is 275 g/mol. The minimum Gasteiger partial charge on any atom is -0.390 e. The Morgan fingerprint density at radius 3 is 2.38 bits per heavy atom. The summed E-state index contributed by atoms with van der Waals surface area (Å²) >= 11 is 0. The van der Waals surface area contributed by atoms with Gasteiger partial charge < -0.3 is 5.11 Å². The molecule has 0 atom stereocenters. The molecule has 2 aromatic heterocycles. The molecule has 0 amide bonds. The molecule has 0 saturated carbocycles. The molecule has 0 unspecified atom stereocenters. The van der Waals surface area contributed by atoms with Crippen molar-refractivity contribution in [3.8, 4) is 11.3 Å². The molecule has 4 nitrogen and oxygen atoms in total. The number of benzene rings is 2. The number of aliphatic hydroxyl groups is 1. The van der Waals surface area contributed by atoms with Crippen LogP contribution in [-0.4, -0.2) is 20.3 Å². The second kappa shape index (κ2) is 4.68. The molecule has 0 bridgehead atoms. The van der Waals surface area contributed by atoms with Crippen molar-refractivity contribution in [2.45, 2.75) is 6.61 Å². The van der Waals surface area contributed by atoms with Crippen LogP contribution in [0.2, 0.25) is 0 Å². The zero-order valence-corrected chi connectivity index (χ0v) is 11.2. The van der Waals surface area contributed by atoms with Gasteiger partial charge in [0.05, 0.1) is 17.8 Å². The van der Waals surface area contributed by atoms with Crippen molar-refractivity contribution in [3.05, 3.63) is 60.3 Å². The Morgan fingerprint density at radius 2 is 1.62 bits per heavy atom. The first kappa shape index (κ1) is 12.1. The van der Waals surface area contributed by atoms with E-state index in [9.17, 15) is 5.11 Å². The summed E-state index contributed by atoms with van der Waals surface area (Å²) < 4.78 is 0. The van der Waals surface area contributed by atoms with E-state index in [0.29, 0.717) is 5.69 Å². The Hall–Kier alpha value is -2.72. The lowest BCUT2D eigenvalue weighted by Crippen LogP contribution is -1.90. The second-order valence-electron chi connectivity index (χ2n) is 4.92. The van der Waals surface area contributed by atoms with Crippen LogP contribution >= 0.6 is 0 Å². The summed E-state index contributed by atoms with van der Waals surface area (Å²) in [6, 6.07) is 18.2. The van der Waals surface area contributed by atoms with Crippen LogP contribution < -0.4 is 0 Å². The number of pyridine rings is 1. The molecule has 2 aromatic carbocycles. The van der Waals surface area contributed by atoms with Crippen LogP contribution in [0.15, 0.2) is 54.6 Å². The van der Waals surface area contributed by atoms with E-state index < -0.39 is 0 Å². The molecule has 21 heavy (non-hydrogen) atoms. The van der Waals surface area contributed by atoms with Gasteiger partial charge in [0.1, 0.15) is 11.2 Å². The van der Waals surface area contributed by atoms with Gasteiger partial charge in [-0.15, -0.1) is 0 Å². The maximum absolute atomic E-state index is 9.44. The molecule has 0 aliphatic carbocycles. The van der Waals surface area contributed by atoms with E-state index in [0.717, 1.165) is 33.1 Å². The molecule has 102 valence electrons. The van der Waals surface area contributed by atoms with E-state index in [1.54, 1.807) is 0 Å². The van der Waals surface area contributed by atoms with Gasteiger partial charge in [0.25, 0.3) is 0 Å². The first-order chi connectivity index (χ1) is 10.4. The molecular weight excluding hydrogens is 262 g/mol. The molecule has 0 aliphatic heterocycles. The van der Waals surface area contributed by atoms with Gasteiger partial charge in [0.2, 0.25) is 0 Å². The number of nitrogens with one attached hydrogen (secondary N) is 1. The Bertz CT molecular complexity index is 929. The van der Waals surface area contributed by atoms with Crippen molar-refractivity contribution < 1.29 is 5.11 Å². The van der Waals surface area contributed by atoms with E-state index in [4.69, 9.17) is 4.98 Å². The van der Waals surface area contributed by atoms with Crippen LogP contribution in [0.3, 0.4) is 0 Å². The zero-order chi connectivity index (χ0) is 14.2. The van der Waals surface area contributed by atoms with Crippen LogP contribution in [0, 0.1) is 0 Å². The molecule has 4 rings (SSSR count). The molecule has 4 aromatic rings. The highest BCUT2D eigenvalue weighted by Crippen LogP contribution is 2.32. The quantitative estimate of drug-likeness (QED) is 0.590. The molecular formula is C17H13N3O. The highest BCUT2D eigenvalue weighted by Gasteiger charge is 2.14. The summed E-state index contributed by atoms with van der Waals surface area (Å²) in [6.07, 6.45) is 0. The van der Waals surface area contributed by atoms with Crippen LogP contribution in [-0.2, 0) is 6.61 Å². The monoisotopic (exact) mass is 275 g/mol. The number of hydrogen-bond donors (Lipinski definition) is 2. The summed E-state index contributed by atoms with van der Waals surface area (Å²) in [5, 5.41) is 18.7. The van der Waals surface area contributed by atoms with Crippen molar-refractivity contribution in [3.63, 3.8) is 0 Å². The maximum Gasteiger partial charge on any atom is 0.115 e. The van der Waals surface area contributed by atoms with E-state index >= 15 is 0 Å². The van der Waals surface area contributed by atoms with Gasteiger partial charge in [-0.05, 0) is 0 Å². The van der Waals surface area contributed by atoms with E-state index in [-0.39, 0.29) is 6.61 Å². The number of rotatable bonds is 2. The Kier molecular flexibility index (Phi) is 2.69. The first-order valence-corrected chi connectivity index (χ1v) is 6.80. The Balaban J connectivity index is 2.17. The lowest BCUT2D eigenvalue weighted by atomic mass is 10.0. The number of aromatic amines is 1. The van der Waals surface area contributed by atoms with Crippen molar-refractivity contribution in [1.82, 2.24) is 15.2 Å². The number of aliphatic hydroxyl groups excluding tert-OH is 1. The van der Waals surface area contributed by atoms with Crippen molar-refractivity contribution in [2.24, 2.45) is 0 Å². The second-order valence-corrected chi connectivity index (χ2v) is 4.92. The van der Waals surface area contributed by atoms with Gasteiger partial charge in [-0.3, -0.25) is 5.10 Å². The molecule has 0 spiro atoms. The van der Waals surface area contributed by atoms with Crippen molar-refractivity contribution in [2.75, 3.05) is 0 Å². The fourth-order valence-corrected chi connectivity index (χ4v) is 2.69. The van der Waals surface area contributed by atoms with Gasteiger partial charge in [-0.1, -0.05) is 54.6 Å². The molecule has 0 aliphatic rings. The summed E-state index contributed by atoms with van der Waals surface area (Å²) in [5.41, 5.74) is 4.15. The van der Waals surface area contributed by atoms with E-state index in [1.807, 2.05) is 48.5 Å². The lowest BCUT2D eigenvalue weighted by Gasteiger charge is -2.07. The summed E-state index contributed by atoms with van der Waals surface area (Å²) in [4.78, 5) is 4.75.